The molecule has 17 N–H and O–H groups in total. The van der Waals surface area contributed by atoms with Gasteiger partial charge in [-0.1, -0.05) is 146 Å². The average Bonchev–Trinajstić information content (AvgIpc) is 1.60. The number of aliphatic hydroxyl groups excluding tert-OH is 5. The minimum atomic E-state index is -4.46. The van der Waals surface area contributed by atoms with Crippen LogP contribution in [0.3, 0.4) is 0 Å². The molecule has 9 aliphatic rings. The number of unbranched alkanes of at least 4 members (excludes halogenated alkanes) is 6. The lowest BCUT2D eigenvalue weighted by Crippen LogP contribution is -2.59. The van der Waals surface area contributed by atoms with Crippen LogP contribution in [0.5, 0.6) is 0 Å². The van der Waals surface area contributed by atoms with Gasteiger partial charge in [-0.05, 0) is 344 Å². The van der Waals surface area contributed by atoms with Crippen molar-refractivity contribution in [2.45, 2.75) is 293 Å². The van der Waals surface area contributed by atoms with Crippen LogP contribution in [0.15, 0.2) is 116 Å². The molecular formula is C104H150Cl2N12O16S. The van der Waals surface area contributed by atoms with Gasteiger partial charge < -0.3 is 83.4 Å². The number of carboxylic acids is 3. The predicted octanol–water partition coefficient (Wildman–Crippen LogP) is 15.7. The van der Waals surface area contributed by atoms with Crippen molar-refractivity contribution >= 4 is 74.1 Å². The number of likely N-dealkylation sites (tertiary alicyclic amines) is 1. The second-order valence-electron chi connectivity index (χ2n) is 40.0. The Bertz CT molecular complexity index is 4900. The quantitative estimate of drug-likeness (QED) is 0.0128. The first kappa shape index (κ1) is 109. The zero-order valence-electron chi connectivity index (χ0n) is 79.8. The molecule has 742 valence electrons. The van der Waals surface area contributed by atoms with Crippen LogP contribution in [-0.4, -0.2) is 213 Å². The van der Waals surface area contributed by atoms with Crippen molar-refractivity contribution < 1.29 is 77.2 Å². The van der Waals surface area contributed by atoms with Gasteiger partial charge >= 0.3 is 28.3 Å². The Morgan fingerprint density at radius 2 is 1.27 bits per heavy atom. The van der Waals surface area contributed by atoms with Crippen molar-refractivity contribution in [2.24, 2.45) is 58.0 Å². The number of piperidine rings is 1. The van der Waals surface area contributed by atoms with Crippen LogP contribution >= 0.6 is 23.2 Å². The Kier molecular flexibility index (Phi) is 42.8. The number of aromatic carboxylic acids is 1. The minimum absolute atomic E-state index is 0.0154. The fraction of sp³-hybridized carbons (Fsp3) is 0.635. The van der Waals surface area contributed by atoms with Crippen LogP contribution < -0.4 is 37.6 Å². The Morgan fingerprint density at radius 3 is 1.90 bits per heavy atom. The van der Waals surface area contributed by atoms with Gasteiger partial charge in [0.05, 0.1) is 60.2 Å². The number of aromatic nitrogens is 2. The van der Waals surface area contributed by atoms with Gasteiger partial charge in [-0.25, -0.2) is 18.6 Å². The lowest BCUT2D eigenvalue weighted by Gasteiger charge is -2.62. The highest BCUT2D eigenvalue weighted by Gasteiger charge is 2.63. The lowest BCUT2D eigenvalue weighted by molar-refractivity contribution is -0.167. The number of hydrogen-bond acceptors (Lipinski definition) is 23. The van der Waals surface area contributed by atoms with Crippen LogP contribution in [0.25, 0.3) is 22.2 Å². The van der Waals surface area contributed by atoms with Crippen LogP contribution in [0.1, 0.15) is 277 Å². The topological polar surface area (TPSA) is 469 Å². The van der Waals surface area contributed by atoms with E-state index in [0.29, 0.717) is 95.4 Å². The Balaban J connectivity index is 0.000000182. The number of rotatable bonds is 36. The molecule has 0 radical (unpaired) electrons. The second-order valence-corrected chi connectivity index (χ2v) is 42.0. The fourth-order valence-electron chi connectivity index (χ4n) is 23.2. The third-order valence-electron chi connectivity index (χ3n) is 30.7. The van der Waals surface area contributed by atoms with Crippen molar-refractivity contribution in [3.63, 3.8) is 0 Å². The number of halogens is 2. The third kappa shape index (κ3) is 30.8. The maximum Gasteiger partial charge on any atom is 0.397 e. The monoisotopic (exact) mass is 1930 g/mol. The number of aliphatic carboxylic acids is 2. The molecule has 4 heterocycles. The van der Waals surface area contributed by atoms with Crippen LogP contribution in [0.2, 0.25) is 10.0 Å². The van der Waals surface area contributed by atoms with E-state index in [2.05, 4.69) is 106 Å². The van der Waals surface area contributed by atoms with Gasteiger partial charge in [0.25, 0.3) is 0 Å². The number of nitrogens with two attached hydrogens (primary N) is 1. The van der Waals surface area contributed by atoms with Crippen molar-refractivity contribution in [1.29, 1.82) is 10.5 Å². The number of amides is 1. The molecule has 6 aliphatic carbocycles. The molecule has 3 unspecified atom stereocenters. The zero-order valence-corrected chi connectivity index (χ0v) is 82.1. The molecule has 0 spiro atoms. The summed E-state index contributed by atoms with van der Waals surface area (Å²) in [5, 5.41) is 114. The Hall–Kier alpha value is -7.89. The minimum Gasteiger partial charge on any atom is -0.479 e. The number of carbonyl (C=O) groups excluding carboxylic acids is 1. The maximum absolute atomic E-state index is 12.3. The van der Waals surface area contributed by atoms with Gasteiger partial charge in [0, 0.05) is 65.9 Å². The normalized spacial score (nSPS) is 26.0. The van der Waals surface area contributed by atoms with Gasteiger partial charge in [0.2, 0.25) is 5.91 Å². The van der Waals surface area contributed by atoms with E-state index in [0.717, 1.165) is 155 Å². The zero-order chi connectivity index (χ0) is 97.6. The summed E-state index contributed by atoms with van der Waals surface area (Å²) in [4.78, 5) is 53.2. The van der Waals surface area contributed by atoms with E-state index in [-0.39, 0.29) is 47.6 Å². The van der Waals surface area contributed by atoms with E-state index in [1.165, 1.54) is 123 Å². The summed E-state index contributed by atoms with van der Waals surface area (Å²) >= 11 is 11.9. The van der Waals surface area contributed by atoms with E-state index in [1.807, 2.05) is 62.4 Å². The van der Waals surface area contributed by atoms with Gasteiger partial charge in [0.15, 0.2) is 12.2 Å². The number of nitriles is 2. The van der Waals surface area contributed by atoms with Crippen molar-refractivity contribution in [2.75, 3.05) is 77.4 Å². The Labute approximate surface area is 809 Å². The number of aliphatic hydroxyl groups is 5. The van der Waals surface area contributed by atoms with Crippen LogP contribution in [-0.2, 0) is 35.4 Å². The lowest BCUT2D eigenvalue weighted by atomic mass is 9.43. The first-order valence-electron chi connectivity index (χ1n) is 49.4. The molecular weight excluding hydrogens is 1780 g/mol. The summed E-state index contributed by atoms with van der Waals surface area (Å²) < 4.78 is 37.2. The summed E-state index contributed by atoms with van der Waals surface area (Å²) in [6, 6.07) is 36.7. The Morgan fingerprint density at radius 1 is 0.652 bits per heavy atom. The molecule has 2 bridgehead atoms. The number of benzene rings is 5. The predicted molar refractivity (Wildman–Crippen MR) is 527 cm³/mol. The van der Waals surface area contributed by atoms with Crippen molar-refractivity contribution in [1.82, 2.24) is 41.5 Å². The third-order valence-corrected chi connectivity index (χ3v) is 31.7. The maximum atomic E-state index is 12.3. The van der Waals surface area contributed by atoms with E-state index in [4.69, 9.17) is 69.2 Å². The van der Waals surface area contributed by atoms with Gasteiger partial charge in [-0.15, -0.1) is 0 Å². The summed E-state index contributed by atoms with van der Waals surface area (Å²) in [5.41, 5.74) is 17.7. The molecule has 135 heavy (non-hydrogen) atoms. The number of carbonyl (C=O) groups is 4. The van der Waals surface area contributed by atoms with E-state index in [1.54, 1.807) is 42.7 Å². The second kappa shape index (κ2) is 52.9. The molecule has 28 nitrogen and oxygen atoms in total. The number of fused-ring (bicyclic) bond motifs is 12. The van der Waals surface area contributed by atoms with Gasteiger partial charge in [-0.2, -0.15) is 18.9 Å². The molecule has 31 heteroatoms. The van der Waals surface area contributed by atoms with E-state index in [9.17, 15) is 47.5 Å². The molecule has 2 saturated heterocycles. The van der Waals surface area contributed by atoms with Crippen LogP contribution in [0, 0.1) is 74.9 Å². The SMILES string of the molecule is CC(C)[C@@H](CC[C@@H](C)[C@H]1CC[C@H]2[C@H]3C(CC[C@]12C)[C@@]1(C)CC[C@H](NCCCNCCCCCCCCN)C[C@@H]1C[C@H]3O)OS(=O)(=O)O.C[C@H]1CNCCc2ccc(Cl)cc21.N#C[C@@H]1CC[C@H](C#N)N1C(=O)CNC1(CO)CCCC1.O=C(O)[C@H](O)[C@@H](O)C(=O)O.O=C(O)c1cccc(-c2cccc(NCCCC[C@H](O)c3cccc(Cl)c3)c2)c1.c1cnc2cc3c(cc2n1)C1CNCC3C1. The number of nitrogens with one attached hydrogen (secondary N) is 6. The molecule has 19 atom stereocenters. The molecule has 3 aliphatic heterocycles. The average molecular weight is 1930 g/mol. The molecule has 15 rings (SSSR count). The van der Waals surface area contributed by atoms with Crippen LogP contribution in [0.4, 0.5) is 5.69 Å². The highest BCUT2D eigenvalue weighted by molar-refractivity contribution is 7.80. The molecule has 7 fully saturated rings. The molecule has 5 aromatic carbocycles. The van der Waals surface area contributed by atoms with E-state index < -0.39 is 64.8 Å². The number of carboxylic acid groups (broad SMARTS) is 3. The largest absolute Gasteiger partial charge is 0.479 e. The van der Waals surface area contributed by atoms with Crippen molar-refractivity contribution in [3.8, 4) is 23.3 Å². The molecule has 1 amide bonds. The number of anilines is 1. The van der Waals surface area contributed by atoms with E-state index >= 15 is 0 Å². The highest BCUT2D eigenvalue weighted by atomic mass is 35.5. The van der Waals surface area contributed by atoms with Gasteiger partial charge in [0.1, 0.15) is 12.1 Å². The summed E-state index contributed by atoms with van der Waals surface area (Å²) in [6.45, 7) is 23.0. The molecule has 1 aromatic heterocycles. The fourth-order valence-corrected chi connectivity index (χ4v) is 24.2. The summed E-state index contributed by atoms with van der Waals surface area (Å²) in [7, 11) is -4.46. The smallest absolute Gasteiger partial charge is 0.397 e. The van der Waals surface area contributed by atoms with Gasteiger partial charge in [-0.3, -0.25) is 19.3 Å². The number of nitrogens with zero attached hydrogens (tertiary/aromatic N) is 5. The standard InChI is InChI=1S/C38H73N3O5S.C24H24ClNO3.C14H20N4O2.C13H13N3.C11H14ClN.C4H6O6/c1-27(2)35(46-47(43,44)45)16-13-28(3)31-14-15-32-36-33(18-20-38(31,32)5)37(4)19-17-30(25-29(37)26-34(36)42)41-24-12-23-40-22-11-9-7-6-8-10-21-39;25-21-10-4-8-19(15-21)23(27)12-1-2-13-26-22-11-5-7-18(16-22)17-6-3-9-20(14-17)24(28)29;15-7-11-3-4-12(8-16)18(11)13(20)9-17-14(10-19)5-1-2-6-14;1-2-16-13-5-11-9-3-8(6-14-7-9)10(11)4-12(13)15-1;1-8-7-13-5-4-9-2-3-10(12)6-11(8)9;5-1(3(7)8)2(6)4(9)10/h27-36,40-42H,6-26,39H2,1-5H3,(H,43,44,45);3-11,14-16,23,26-27H,1-2,12-13H2,(H,28,29);11-12,17,19H,1-6,9-10H2;1-2,4-5,8-9,14H,3,6-7H2;2-3,6,8,13H,4-5,7H2,1H3;1-2,5-6H,(H,7,8)(H,9,10)/t28-,29-,30+,31-,32+,33?,34-,35-,36+,37+,38-;23-;11-,12+;;8-;1-,2-/m10..01/s1. The molecule has 6 aromatic rings. The first-order chi connectivity index (χ1) is 64.6. The summed E-state index contributed by atoms with van der Waals surface area (Å²) in [5.74, 6) is 0.503. The first-order valence-corrected chi connectivity index (χ1v) is 51.6. The summed E-state index contributed by atoms with van der Waals surface area (Å²) in [6.07, 6.45) is 27.6. The van der Waals surface area contributed by atoms with Crippen molar-refractivity contribution in [3.05, 3.63) is 159 Å². The highest BCUT2D eigenvalue weighted by Crippen LogP contribution is 2.69. The molecule has 5 saturated carbocycles. The number of hydrogen-bond donors (Lipinski definition) is 16.